The predicted molar refractivity (Wildman–Crippen MR) is 94.5 cm³/mol. The fourth-order valence-corrected chi connectivity index (χ4v) is 3.45. The first-order valence-electron chi connectivity index (χ1n) is 6.69. The number of amides is 1. The van der Waals surface area contributed by atoms with E-state index in [9.17, 15) is 4.79 Å². The molecule has 0 fully saturated rings. The summed E-state index contributed by atoms with van der Waals surface area (Å²) < 4.78 is 0. The average Bonchev–Trinajstić information content (AvgIpc) is 2.94. The van der Waals surface area contributed by atoms with E-state index in [1.54, 1.807) is 37.5 Å². The van der Waals surface area contributed by atoms with Gasteiger partial charge in [-0.25, -0.2) is 4.98 Å². The molecule has 7 heteroatoms. The van der Waals surface area contributed by atoms with Gasteiger partial charge in [0.2, 0.25) is 0 Å². The largest absolute Gasteiger partial charge is 0.319 e. The van der Waals surface area contributed by atoms with Crippen molar-refractivity contribution >= 4 is 46.1 Å². The minimum Gasteiger partial charge on any atom is -0.319 e. The lowest BCUT2D eigenvalue weighted by molar-refractivity contribution is 0.103. The number of hydrogen-bond acceptors (Lipinski definition) is 4. The number of hydrogen-bond donors (Lipinski definition) is 1. The van der Waals surface area contributed by atoms with Gasteiger partial charge in [0, 0.05) is 18.0 Å². The van der Waals surface area contributed by atoms with E-state index >= 15 is 0 Å². The highest BCUT2D eigenvalue weighted by molar-refractivity contribution is 7.17. The first-order chi connectivity index (χ1) is 11.1. The number of aryl methyl sites for hydroxylation is 1. The number of aromatic nitrogens is 2. The summed E-state index contributed by atoms with van der Waals surface area (Å²) in [6, 6.07) is 8.79. The number of anilines is 1. The molecule has 2 heterocycles. The van der Waals surface area contributed by atoms with Crippen LogP contribution in [-0.4, -0.2) is 15.9 Å². The molecule has 0 aliphatic heterocycles. The molecule has 0 bridgehead atoms. The average molecular weight is 364 g/mol. The maximum Gasteiger partial charge on any atom is 0.267 e. The summed E-state index contributed by atoms with van der Waals surface area (Å²) in [6.07, 6.45) is 3.40. The van der Waals surface area contributed by atoms with E-state index < -0.39 is 0 Å². The summed E-state index contributed by atoms with van der Waals surface area (Å²) in [4.78, 5) is 21.5. The van der Waals surface area contributed by atoms with Gasteiger partial charge in [0.05, 0.1) is 21.4 Å². The lowest BCUT2D eigenvalue weighted by Crippen LogP contribution is -2.12. The van der Waals surface area contributed by atoms with Gasteiger partial charge in [-0.3, -0.25) is 9.78 Å². The molecule has 1 N–H and O–H groups in total. The molecule has 0 saturated heterocycles. The molecule has 0 atom stereocenters. The molecule has 0 spiro atoms. The number of thiazole rings is 1. The van der Waals surface area contributed by atoms with Crippen LogP contribution in [0.5, 0.6) is 0 Å². The first kappa shape index (κ1) is 15.9. The zero-order valence-electron chi connectivity index (χ0n) is 12.0. The van der Waals surface area contributed by atoms with Crippen LogP contribution in [0.25, 0.3) is 10.6 Å². The number of nitrogens with zero attached hydrogens (tertiary/aromatic N) is 2. The zero-order valence-corrected chi connectivity index (χ0v) is 14.3. The number of halogens is 2. The van der Waals surface area contributed by atoms with E-state index in [1.807, 2.05) is 12.1 Å². The van der Waals surface area contributed by atoms with Gasteiger partial charge >= 0.3 is 0 Å². The van der Waals surface area contributed by atoms with Crippen LogP contribution in [0.4, 0.5) is 5.69 Å². The highest BCUT2D eigenvalue weighted by Crippen LogP contribution is 2.32. The van der Waals surface area contributed by atoms with Gasteiger partial charge in [-0.15, -0.1) is 11.3 Å². The third kappa shape index (κ3) is 3.37. The van der Waals surface area contributed by atoms with Crippen molar-refractivity contribution in [2.24, 2.45) is 0 Å². The zero-order chi connectivity index (χ0) is 16.4. The lowest BCUT2D eigenvalue weighted by atomic mass is 10.3. The molecule has 1 amide bonds. The van der Waals surface area contributed by atoms with Crippen LogP contribution in [0, 0.1) is 6.92 Å². The second kappa shape index (κ2) is 6.66. The highest BCUT2D eigenvalue weighted by atomic mass is 35.5. The maximum atomic E-state index is 12.5. The van der Waals surface area contributed by atoms with Gasteiger partial charge < -0.3 is 5.32 Å². The van der Waals surface area contributed by atoms with Crippen molar-refractivity contribution in [2.75, 3.05) is 5.32 Å². The summed E-state index contributed by atoms with van der Waals surface area (Å²) in [5, 5.41) is 4.27. The van der Waals surface area contributed by atoms with Crippen LogP contribution < -0.4 is 5.32 Å². The van der Waals surface area contributed by atoms with Crippen LogP contribution in [0.1, 0.15) is 15.4 Å². The maximum absolute atomic E-state index is 12.5. The van der Waals surface area contributed by atoms with Crippen LogP contribution in [0.15, 0.2) is 42.7 Å². The Morgan fingerprint density at radius 2 is 1.91 bits per heavy atom. The summed E-state index contributed by atoms with van der Waals surface area (Å²) in [7, 11) is 0. The molecule has 3 aromatic rings. The van der Waals surface area contributed by atoms with Gasteiger partial charge in [0.25, 0.3) is 5.91 Å². The first-order valence-corrected chi connectivity index (χ1v) is 8.26. The molecule has 0 aliphatic carbocycles. The highest BCUT2D eigenvalue weighted by Gasteiger charge is 2.18. The fraction of sp³-hybridized carbons (Fsp3) is 0.0625. The van der Waals surface area contributed by atoms with Gasteiger partial charge in [0.1, 0.15) is 9.88 Å². The normalized spacial score (nSPS) is 10.6. The van der Waals surface area contributed by atoms with E-state index in [-0.39, 0.29) is 5.91 Å². The Labute approximate surface area is 147 Å². The standard InChI is InChI=1S/C16H11Cl2N3OS/c1-9-14(23-16(20-9)10-4-3-7-19-8-10)15(22)21-13-11(17)5-2-6-12(13)18/h2-8H,1H3,(H,21,22). The molecule has 4 nitrogen and oxygen atoms in total. The van der Waals surface area contributed by atoms with Crippen molar-refractivity contribution in [3.8, 4) is 10.6 Å². The molecule has 0 unspecified atom stereocenters. The summed E-state index contributed by atoms with van der Waals surface area (Å²) in [6.45, 7) is 1.79. The number of para-hydroxylation sites is 1. The van der Waals surface area contributed by atoms with Crippen molar-refractivity contribution < 1.29 is 4.79 Å². The van der Waals surface area contributed by atoms with E-state index in [0.717, 1.165) is 10.6 Å². The van der Waals surface area contributed by atoms with E-state index in [0.29, 0.717) is 26.3 Å². The molecule has 0 aliphatic rings. The summed E-state index contributed by atoms with van der Waals surface area (Å²) in [5.41, 5.74) is 1.92. The number of rotatable bonds is 3. The number of carbonyl (C=O) groups excluding carboxylic acids is 1. The SMILES string of the molecule is Cc1nc(-c2cccnc2)sc1C(=O)Nc1c(Cl)cccc1Cl. The lowest BCUT2D eigenvalue weighted by Gasteiger charge is -2.08. The van der Waals surface area contributed by atoms with Crippen LogP contribution in [0.3, 0.4) is 0 Å². The minimum absolute atomic E-state index is 0.287. The molecule has 2 aromatic heterocycles. The van der Waals surface area contributed by atoms with Crippen molar-refractivity contribution in [2.45, 2.75) is 6.92 Å². The Morgan fingerprint density at radius 1 is 1.17 bits per heavy atom. The second-order valence-electron chi connectivity index (χ2n) is 4.73. The predicted octanol–water partition coefficient (Wildman–Crippen LogP) is 5.07. The van der Waals surface area contributed by atoms with E-state index in [2.05, 4.69) is 15.3 Å². The summed E-state index contributed by atoms with van der Waals surface area (Å²) >= 11 is 13.5. The molecule has 116 valence electrons. The minimum atomic E-state index is -0.287. The molecular formula is C16H11Cl2N3OS. The van der Waals surface area contributed by atoms with E-state index in [1.165, 1.54) is 11.3 Å². The third-order valence-electron chi connectivity index (χ3n) is 3.11. The second-order valence-corrected chi connectivity index (χ2v) is 6.54. The Morgan fingerprint density at radius 3 is 2.57 bits per heavy atom. The molecular weight excluding hydrogens is 353 g/mol. The Bertz CT molecular complexity index is 845. The van der Waals surface area contributed by atoms with Crippen molar-refractivity contribution in [3.63, 3.8) is 0 Å². The molecule has 1 aromatic carbocycles. The van der Waals surface area contributed by atoms with Crippen LogP contribution in [0.2, 0.25) is 10.0 Å². The smallest absolute Gasteiger partial charge is 0.267 e. The summed E-state index contributed by atoms with van der Waals surface area (Å²) in [5.74, 6) is -0.287. The van der Waals surface area contributed by atoms with Crippen molar-refractivity contribution in [1.29, 1.82) is 0 Å². The molecule has 0 radical (unpaired) electrons. The number of nitrogens with one attached hydrogen (secondary N) is 1. The fourth-order valence-electron chi connectivity index (χ4n) is 2.01. The molecule has 3 rings (SSSR count). The third-order valence-corrected chi connectivity index (χ3v) is 4.95. The Balaban J connectivity index is 1.90. The number of pyridine rings is 1. The quantitative estimate of drug-likeness (QED) is 0.706. The number of benzene rings is 1. The van der Waals surface area contributed by atoms with Crippen LogP contribution in [-0.2, 0) is 0 Å². The van der Waals surface area contributed by atoms with Gasteiger partial charge in [-0.05, 0) is 31.2 Å². The Hall–Kier alpha value is -1.95. The van der Waals surface area contributed by atoms with Gasteiger partial charge in [0.15, 0.2) is 0 Å². The molecule has 23 heavy (non-hydrogen) atoms. The van der Waals surface area contributed by atoms with E-state index in [4.69, 9.17) is 23.2 Å². The van der Waals surface area contributed by atoms with Crippen molar-refractivity contribution in [3.05, 3.63) is 63.3 Å². The van der Waals surface area contributed by atoms with Gasteiger partial charge in [-0.1, -0.05) is 29.3 Å². The number of carbonyl (C=O) groups is 1. The van der Waals surface area contributed by atoms with Crippen LogP contribution >= 0.6 is 34.5 Å². The van der Waals surface area contributed by atoms with Crippen molar-refractivity contribution in [1.82, 2.24) is 9.97 Å². The van der Waals surface area contributed by atoms with Gasteiger partial charge in [-0.2, -0.15) is 0 Å². The Kier molecular flexibility index (Phi) is 4.61. The molecule has 0 saturated carbocycles. The monoisotopic (exact) mass is 363 g/mol. The topological polar surface area (TPSA) is 54.9 Å².